The molecule has 17 nitrogen and oxygen atoms in total. The second-order valence-electron chi connectivity index (χ2n) is 20.8. The van der Waals surface area contributed by atoms with Crippen molar-refractivity contribution in [2.45, 2.75) is 122 Å². The Morgan fingerprint density at radius 3 is 2.35 bits per heavy atom. The number of rotatable bonds is 11. The van der Waals surface area contributed by atoms with Gasteiger partial charge in [-0.25, -0.2) is 28.9 Å². The lowest BCUT2D eigenvalue weighted by atomic mass is 9.86. The molecule has 7 atom stereocenters. The van der Waals surface area contributed by atoms with Gasteiger partial charge in [-0.3, -0.25) is 14.2 Å². The molecule has 6 aromatic rings. The van der Waals surface area contributed by atoms with E-state index in [2.05, 4.69) is 79.8 Å². The number of amides is 4. The number of likely N-dealkylation sites (tertiary alicyclic amines) is 2. The van der Waals surface area contributed by atoms with Gasteiger partial charge in [-0.2, -0.15) is 4.99 Å². The molecule has 4 fully saturated rings. The highest BCUT2D eigenvalue weighted by Gasteiger charge is 2.62. The summed E-state index contributed by atoms with van der Waals surface area (Å²) in [5.41, 5.74) is 4.61. The lowest BCUT2D eigenvalue weighted by molar-refractivity contribution is -0.135. The van der Waals surface area contributed by atoms with Gasteiger partial charge in [0.15, 0.2) is 5.67 Å². The first-order valence-corrected chi connectivity index (χ1v) is 25.7. The SMILES string of the molecule is COC(=O)N=C(C(=O)N1C2C(C)C2C[C@H]1c1ncc(-c2ccc3c(c2)cc2n3C(c3cnc(C4CCC4)s3)Oc3cc(-c4cnc([C@@H]5CCCN5C(=O)[C@@H](NC(=O)OC)C(C)C)[nH]4)cc(C)c3-2)[nH]1)C(C)(C)F. The molecular formula is C53H59FN10O7S. The topological polar surface area (TPSA) is 202 Å². The quantitative estimate of drug-likeness (QED) is 0.105. The maximum atomic E-state index is 15.5. The highest BCUT2D eigenvalue weighted by Crippen LogP contribution is 2.58. The second-order valence-corrected chi connectivity index (χ2v) is 21.9. The van der Waals surface area contributed by atoms with Crippen molar-refractivity contribution in [3.63, 3.8) is 0 Å². The Balaban J connectivity index is 0.921. The van der Waals surface area contributed by atoms with Gasteiger partial charge in [-0.15, -0.1) is 11.3 Å². The van der Waals surface area contributed by atoms with Gasteiger partial charge >= 0.3 is 12.2 Å². The lowest BCUT2D eigenvalue weighted by Gasteiger charge is -2.30. The average molecular weight is 999 g/mol. The lowest BCUT2D eigenvalue weighted by Crippen LogP contribution is -2.51. The first-order chi connectivity index (χ1) is 34.5. The number of hydrogen-bond donors (Lipinski definition) is 3. The number of alkyl carbamates (subject to hydrolysis) is 1. The maximum absolute atomic E-state index is 15.5. The number of nitrogens with zero attached hydrogens (tertiary/aromatic N) is 7. The molecule has 11 rings (SSSR count). The number of carbonyl (C=O) groups is 4. The van der Waals surface area contributed by atoms with E-state index >= 15 is 4.39 Å². The third kappa shape index (κ3) is 8.12. The van der Waals surface area contributed by atoms with E-state index in [-0.39, 0.29) is 35.7 Å². The van der Waals surface area contributed by atoms with E-state index in [1.807, 2.05) is 31.1 Å². The Morgan fingerprint density at radius 2 is 1.67 bits per heavy atom. The molecule has 4 aromatic heterocycles. The standard InChI is InChI=1S/C53H59FN10O7S/c1-25(2)42(60-51(67)69-7)48(65)62-16-10-13-36(62)45-55-23-34(59-45)30-17-26(3)41-37-19-31-18-29(14-15-35(31)63(37)50(71-39(41)20-30)40-24-57-47(72-40)28-11-9-12-28)33-22-56-46(58-33)38-21-32-27(4)43(32)64(38)49(66)44(53(5,6)54)61-52(68)70-8/h14-15,17-20,22-25,27-28,32,36,38,42-43,50H,9-13,16,21H2,1-8H3,(H,55,59)(H,56,58)(H,60,67)/t27?,32?,36-,38-,42-,43?,50?/m0/s1. The molecule has 3 aliphatic heterocycles. The van der Waals surface area contributed by atoms with E-state index in [4.69, 9.17) is 24.4 Å². The maximum Gasteiger partial charge on any atom is 0.433 e. The fraction of sp³-hybridized carbons (Fsp3) is 0.472. The number of imidazole rings is 2. The van der Waals surface area contributed by atoms with Crippen molar-refractivity contribution in [2.75, 3.05) is 20.8 Å². The van der Waals surface area contributed by atoms with Crippen LogP contribution in [-0.4, -0.2) is 108 Å². The summed E-state index contributed by atoms with van der Waals surface area (Å²) in [6.45, 7) is 10.9. The number of benzene rings is 2. The van der Waals surface area contributed by atoms with Crippen molar-refractivity contribution in [1.82, 2.24) is 44.6 Å². The Bertz CT molecular complexity index is 3180. The van der Waals surface area contributed by atoms with E-state index < -0.39 is 47.8 Å². The van der Waals surface area contributed by atoms with Gasteiger partial charge in [0.05, 0.1) is 71.2 Å². The first-order valence-electron chi connectivity index (χ1n) is 24.9. The molecule has 4 unspecified atom stereocenters. The number of hydrogen-bond acceptors (Lipinski definition) is 11. The van der Waals surface area contributed by atoms with Gasteiger partial charge < -0.3 is 39.3 Å². The fourth-order valence-electron chi connectivity index (χ4n) is 11.4. The number of nitrogens with one attached hydrogen (secondary N) is 3. The van der Waals surface area contributed by atoms with Crippen molar-refractivity contribution in [1.29, 1.82) is 0 Å². The van der Waals surface area contributed by atoms with Crippen molar-refractivity contribution >= 4 is 52.0 Å². The predicted molar refractivity (Wildman–Crippen MR) is 268 cm³/mol. The van der Waals surface area contributed by atoms with Crippen LogP contribution in [0.3, 0.4) is 0 Å². The molecule has 19 heteroatoms. The van der Waals surface area contributed by atoms with Crippen LogP contribution in [0.15, 0.2) is 60.0 Å². The molecule has 0 spiro atoms. The summed E-state index contributed by atoms with van der Waals surface area (Å²) in [6.07, 6.45) is 9.03. The van der Waals surface area contributed by atoms with E-state index in [0.717, 1.165) is 98.7 Å². The summed E-state index contributed by atoms with van der Waals surface area (Å²) >= 11 is 1.71. The van der Waals surface area contributed by atoms with E-state index in [1.165, 1.54) is 27.4 Å². The van der Waals surface area contributed by atoms with Crippen LogP contribution in [0.25, 0.3) is 44.7 Å². The average Bonchev–Trinajstić information content (AvgIpc) is 4.14. The summed E-state index contributed by atoms with van der Waals surface area (Å²) in [7, 11) is 2.43. The van der Waals surface area contributed by atoms with Crippen LogP contribution in [0.4, 0.5) is 14.0 Å². The molecule has 72 heavy (non-hydrogen) atoms. The smallest absolute Gasteiger partial charge is 0.433 e. The minimum Gasteiger partial charge on any atom is -0.464 e. The monoisotopic (exact) mass is 998 g/mol. The van der Waals surface area contributed by atoms with Gasteiger partial charge in [0.2, 0.25) is 12.1 Å². The summed E-state index contributed by atoms with van der Waals surface area (Å²) in [5, 5.41) is 4.85. The van der Waals surface area contributed by atoms with Crippen LogP contribution in [0.1, 0.15) is 124 Å². The van der Waals surface area contributed by atoms with Crippen LogP contribution in [0, 0.1) is 24.7 Å². The van der Waals surface area contributed by atoms with Gasteiger partial charge in [0.1, 0.15) is 29.2 Å². The zero-order valence-corrected chi connectivity index (χ0v) is 42.4. The van der Waals surface area contributed by atoms with Crippen molar-refractivity contribution in [3.8, 4) is 39.5 Å². The molecule has 0 radical (unpaired) electrons. The van der Waals surface area contributed by atoms with Gasteiger partial charge in [-0.05, 0) is 107 Å². The van der Waals surface area contributed by atoms with Crippen LogP contribution >= 0.6 is 11.3 Å². The van der Waals surface area contributed by atoms with E-state index in [1.54, 1.807) is 22.4 Å². The molecule has 7 heterocycles. The number of H-pyrrole nitrogens is 2. The third-order valence-corrected chi connectivity index (χ3v) is 16.7. The molecule has 0 bridgehead atoms. The molecule has 2 aromatic carbocycles. The Labute approximate surface area is 420 Å². The van der Waals surface area contributed by atoms with Gasteiger partial charge in [0, 0.05) is 46.8 Å². The molecule has 4 amide bonds. The summed E-state index contributed by atoms with van der Waals surface area (Å²) in [5.74, 6) is 1.94. The number of halogens is 1. The Morgan fingerprint density at radius 1 is 0.931 bits per heavy atom. The third-order valence-electron chi connectivity index (χ3n) is 15.5. The van der Waals surface area contributed by atoms with Crippen LogP contribution in [-0.2, 0) is 19.1 Å². The number of thiazole rings is 1. The molecule has 3 N–H and O–H groups in total. The zero-order valence-electron chi connectivity index (χ0n) is 41.6. The summed E-state index contributed by atoms with van der Waals surface area (Å²) in [4.78, 5) is 82.2. The number of aromatic amines is 2. The normalized spacial score (nSPS) is 23.1. The first kappa shape index (κ1) is 47.4. The molecular weight excluding hydrogens is 940 g/mol. The van der Waals surface area contributed by atoms with Gasteiger partial charge in [-0.1, -0.05) is 33.3 Å². The Kier molecular flexibility index (Phi) is 11.9. The van der Waals surface area contributed by atoms with E-state index in [0.29, 0.717) is 30.5 Å². The molecule has 2 saturated heterocycles. The number of piperidine rings is 1. The van der Waals surface area contributed by atoms with Crippen molar-refractivity contribution < 1.29 is 37.8 Å². The Hall–Kier alpha value is -6.89. The number of aryl methyl sites for hydroxylation is 1. The molecule has 5 aliphatic rings. The number of ether oxygens (including phenoxy) is 3. The zero-order chi connectivity index (χ0) is 50.5. The second kappa shape index (κ2) is 18.0. The number of fused-ring (bicyclic) bond motifs is 6. The highest BCUT2D eigenvalue weighted by atomic mass is 32.1. The van der Waals surface area contributed by atoms with Gasteiger partial charge in [0.25, 0.3) is 5.91 Å². The largest absolute Gasteiger partial charge is 0.464 e. The molecule has 2 aliphatic carbocycles. The van der Waals surface area contributed by atoms with Crippen LogP contribution < -0.4 is 10.1 Å². The fourth-order valence-corrected chi connectivity index (χ4v) is 12.5. The number of carbonyl (C=O) groups excluding carboxylic acids is 4. The van der Waals surface area contributed by atoms with E-state index in [9.17, 15) is 19.2 Å². The minimum absolute atomic E-state index is 0.120. The highest BCUT2D eigenvalue weighted by molar-refractivity contribution is 7.11. The molecule has 376 valence electrons. The minimum atomic E-state index is -2.19. The number of methoxy groups -OCH3 is 2. The van der Waals surface area contributed by atoms with Crippen LogP contribution in [0.5, 0.6) is 5.75 Å². The predicted octanol–water partition coefficient (Wildman–Crippen LogP) is 9.97. The number of aromatic nitrogens is 6. The van der Waals surface area contributed by atoms with Crippen LogP contribution in [0.2, 0.25) is 0 Å². The summed E-state index contributed by atoms with van der Waals surface area (Å²) < 4.78 is 34.4. The molecule has 2 saturated carbocycles. The van der Waals surface area contributed by atoms with Crippen molar-refractivity contribution in [2.24, 2.45) is 22.7 Å². The van der Waals surface area contributed by atoms with Crippen molar-refractivity contribution in [3.05, 3.63) is 82.1 Å². The number of aliphatic imine (C=N–C) groups is 1. The number of alkyl halides is 1. The summed E-state index contributed by atoms with van der Waals surface area (Å²) in [6, 6.07) is 11.1.